The van der Waals surface area contributed by atoms with E-state index in [1.165, 1.54) is 12.1 Å². The highest BCUT2D eigenvalue weighted by molar-refractivity contribution is 9.10. The number of halogens is 2. The number of benzene rings is 1. The van der Waals surface area contributed by atoms with E-state index < -0.39 is 5.91 Å². The number of aromatic nitrogens is 2. The van der Waals surface area contributed by atoms with E-state index in [0.29, 0.717) is 11.3 Å². The second kappa shape index (κ2) is 5.78. The van der Waals surface area contributed by atoms with Crippen molar-refractivity contribution >= 4 is 39.1 Å². The molecule has 0 spiro atoms. The van der Waals surface area contributed by atoms with Crippen molar-refractivity contribution in [2.45, 2.75) is 0 Å². The van der Waals surface area contributed by atoms with Crippen molar-refractivity contribution in [3.05, 3.63) is 51.2 Å². The molecule has 2 aromatic rings. The van der Waals surface area contributed by atoms with Crippen LogP contribution in [0.2, 0.25) is 5.15 Å². The molecule has 7 heteroatoms. The lowest BCUT2D eigenvalue weighted by Crippen LogP contribution is -2.15. The molecule has 0 aliphatic carbocycles. The Morgan fingerprint density at radius 3 is 2.74 bits per heavy atom. The number of nitriles is 1. The molecule has 94 valence electrons. The highest BCUT2D eigenvalue weighted by atomic mass is 79.9. The molecule has 0 saturated carbocycles. The first-order chi connectivity index (χ1) is 9.10. The van der Waals surface area contributed by atoms with Crippen molar-refractivity contribution in [1.29, 1.82) is 5.26 Å². The van der Waals surface area contributed by atoms with Crippen LogP contribution in [0.3, 0.4) is 0 Å². The largest absolute Gasteiger partial charge is 0.319 e. The van der Waals surface area contributed by atoms with Crippen LogP contribution >= 0.6 is 27.5 Å². The van der Waals surface area contributed by atoms with E-state index in [1.807, 2.05) is 6.07 Å². The Hall–Kier alpha value is -1.97. The van der Waals surface area contributed by atoms with Gasteiger partial charge in [-0.1, -0.05) is 27.5 Å². The number of hydrogen-bond acceptors (Lipinski definition) is 4. The van der Waals surface area contributed by atoms with Crippen molar-refractivity contribution in [1.82, 2.24) is 10.2 Å². The third kappa shape index (κ3) is 3.28. The van der Waals surface area contributed by atoms with E-state index in [0.717, 1.165) is 4.47 Å². The number of anilines is 1. The summed E-state index contributed by atoms with van der Waals surface area (Å²) in [5, 5.41) is 19.0. The molecule has 0 aliphatic heterocycles. The molecule has 1 aromatic carbocycles. The fourth-order valence-corrected chi connectivity index (χ4v) is 1.80. The third-order valence-electron chi connectivity index (χ3n) is 2.21. The van der Waals surface area contributed by atoms with Gasteiger partial charge in [0.1, 0.15) is 6.07 Å². The Kier molecular flexibility index (Phi) is 4.10. The molecule has 0 bridgehead atoms. The van der Waals surface area contributed by atoms with Gasteiger partial charge in [0.05, 0.1) is 11.3 Å². The normalized spacial score (nSPS) is 9.74. The van der Waals surface area contributed by atoms with Gasteiger partial charge in [0.25, 0.3) is 5.91 Å². The lowest BCUT2D eigenvalue weighted by molar-refractivity contribution is 0.102. The Labute approximate surface area is 122 Å². The van der Waals surface area contributed by atoms with Gasteiger partial charge < -0.3 is 5.32 Å². The lowest BCUT2D eigenvalue weighted by atomic mass is 10.2. The molecular formula is C12H6BrClN4O. The second-order valence-electron chi connectivity index (χ2n) is 3.50. The van der Waals surface area contributed by atoms with Gasteiger partial charge in [-0.15, -0.1) is 10.2 Å². The number of nitrogens with one attached hydrogen (secondary N) is 1. The van der Waals surface area contributed by atoms with Crippen molar-refractivity contribution in [2.24, 2.45) is 0 Å². The molecule has 1 heterocycles. The fraction of sp³-hybridized carbons (Fsp3) is 0. The summed E-state index contributed by atoms with van der Waals surface area (Å²) >= 11 is 8.84. The van der Waals surface area contributed by atoms with Gasteiger partial charge >= 0.3 is 0 Å². The molecule has 1 amide bonds. The number of hydrogen-bond donors (Lipinski definition) is 1. The van der Waals surface area contributed by atoms with Gasteiger partial charge in [-0.05, 0) is 30.3 Å². The predicted octanol–water partition coefficient (Wildman–Crippen LogP) is 3.02. The number of nitrogens with zero attached hydrogens (tertiary/aromatic N) is 3. The van der Waals surface area contributed by atoms with Gasteiger partial charge in [0, 0.05) is 4.47 Å². The molecule has 0 radical (unpaired) electrons. The Morgan fingerprint density at radius 2 is 2.11 bits per heavy atom. The Balaban J connectivity index is 2.24. The summed E-state index contributed by atoms with van der Waals surface area (Å²) in [6.45, 7) is 0. The first kappa shape index (κ1) is 13.5. The summed E-state index contributed by atoms with van der Waals surface area (Å²) in [5.74, 6) is -0.456. The third-order valence-corrected chi connectivity index (χ3v) is 2.91. The fourth-order valence-electron chi connectivity index (χ4n) is 1.34. The molecule has 1 aromatic heterocycles. The van der Waals surface area contributed by atoms with Gasteiger partial charge in [-0.25, -0.2) is 0 Å². The molecule has 0 aliphatic rings. The average molecular weight is 338 g/mol. The molecule has 0 atom stereocenters. The number of carbonyl (C=O) groups excluding carboxylic acids is 1. The van der Waals surface area contributed by atoms with Gasteiger partial charge in [0.15, 0.2) is 10.8 Å². The standard InChI is InChI=1S/C12H6BrClN4O/c13-8-1-2-9(7(5-8)6-15)16-12(19)10-3-4-11(14)18-17-10/h1-5H,(H,16,19). The topological polar surface area (TPSA) is 78.7 Å². The first-order valence-corrected chi connectivity index (χ1v) is 6.27. The van der Waals surface area contributed by atoms with Crippen LogP contribution in [0.4, 0.5) is 5.69 Å². The summed E-state index contributed by atoms with van der Waals surface area (Å²) in [4.78, 5) is 11.9. The van der Waals surface area contributed by atoms with Crippen LogP contribution in [-0.4, -0.2) is 16.1 Å². The van der Waals surface area contributed by atoms with Crippen LogP contribution in [0.1, 0.15) is 16.1 Å². The minimum atomic E-state index is -0.456. The number of rotatable bonds is 2. The maximum Gasteiger partial charge on any atom is 0.276 e. The maximum absolute atomic E-state index is 11.9. The summed E-state index contributed by atoms with van der Waals surface area (Å²) in [6, 6.07) is 9.89. The van der Waals surface area contributed by atoms with Crippen molar-refractivity contribution in [2.75, 3.05) is 5.32 Å². The van der Waals surface area contributed by atoms with Crippen LogP contribution in [0, 0.1) is 11.3 Å². The van der Waals surface area contributed by atoms with E-state index in [2.05, 4.69) is 31.4 Å². The lowest BCUT2D eigenvalue weighted by Gasteiger charge is -2.06. The zero-order valence-corrected chi connectivity index (χ0v) is 11.7. The van der Waals surface area contributed by atoms with E-state index in [4.69, 9.17) is 16.9 Å². The van der Waals surface area contributed by atoms with E-state index >= 15 is 0 Å². The van der Waals surface area contributed by atoms with E-state index in [9.17, 15) is 4.79 Å². The van der Waals surface area contributed by atoms with Crippen molar-refractivity contribution < 1.29 is 4.79 Å². The molecular weight excluding hydrogens is 332 g/mol. The highest BCUT2D eigenvalue weighted by Gasteiger charge is 2.11. The minimum absolute atomic E-state index is 0.121. The van der Waals surface area contributed by atoms with Crippen molar-refractivity contribution in [3.63, 3.8) is 0 Å². The summed E-state index contributed by atoms with van der Waals surface area (Å²) < 4.78 is 0.758. The van der Waals surface area contributed by atoms with Crippen LogP contribution in [0.15, 0.2) is 34.8 Å². The first-order valence-electron chi connectivity index (χ1n) is 5.10. The SMILES string of the molecule is N#Cc1cc(Br)ccc1NC(=O)c1ccc(Cl)nn1. The molecule has 0 saturated heterocycles. The van der Waals surface area contributed by atoms with Crippen LogP contribution in [0.5, 0.6) is 0 Å². The Morgan fingerprint density at radius 1 is 1.32 bits per heavy atom. The number of amides is 1. The average Bonchev–Trinajstić information content (AvgIpc) is 2.41. The minimum Gasteiger partial charge on any atom is -0.319 e. The molecule has 2 rings (SSSR count). The van der Waals surface area contributed by atoms with Gasteiger partial charge in [0.2, 0.25) is 0 Å². The Bertz CT molecular complexity index is 666. The molecule has 1 N–H and O–H groups in total. The number of carbonyl (C=O) groups is 1. The summed E-state index contributed by atoms with van der Waals surface area (Å²) in [5.41, 5.74) is 0.883. The molecule has 19 heavy (non-hydrogen) atoms. The summed E-state index contributed by atoms with van der Waals surface area (Å²) in [6.07, 6.45) is 0. The zero-order chi connectivity index (χ0) is 13.8. The second-order valence-corrected chi connectivity index (χ2v) is 4.80. The summed E-state index contributed by atoms with van der Waals surface area (Å²) in [7, 11) is 0. The molecule has 0 fully saturated rings. The maximum atomic E-state index is 11.9. The predicted molar refractivity (Wildman–Crippen MR) is 73.9 cm³/mol. The molecule has 5 nitrogen and oxygen atoms in total. The van der Waals surface area contributed by atoms with E-state index in [1.54, 1.807) is 18.2 Å². The van der Waals surface area contributed by atoms with E-state index in [-0.39, 0.29) is 10.8 Å². The van der Waals surface area contributed by atoms with Crippen LogP contribution in [-0.2, 0) is 0 Å². The smallest absolute Gasteiger partial charge is 0.276 e. The zero-order valence-electron chi connectivity index (χ0n) is 9.39. The monoisotopic (exact) mass is 336 g/mol. The highest BCUT2D eigenvalue weighted by Crippen LogP contribution is 2.20. The van der Waals surface area contributed by atoms with Crippen molar-refractivity contribution in [3.8, 4) is 6.07 Å². The quantitative estimate of drug-likeness (QED) is 0.913. The van der Waals surface area contributed by atoms with Crippen LogP contribution in [0.25, 0.3) is 0 Å². The van der Waals surface area contributed by atoms with Crippen LogP contribution < -0.4 is 5.32 Å². The van der Waals surface area contributed by atoms with Gasteiger partial charge in [-0.3, -0.25) is 4.79 Å². The molecule has 0 unspecified atom stereocenters. The van der Waals surface area contributed by atoms with Gasteiger partial charge in [-0.2, -0.15) is 5.26 Å².